The summed E-state index contributed by atoms with van der Waals surface area (Å²) in [7, 11) is 0. The van der Waals surface area contributed by atoms with Crippen LogP contribution in [-0.4, -0.2) is 30.6 Å². The number of halogens is 1. The standard InChI is InChI=1S/C19H18ClN3O5/c1-11-4-3-5-12(2)17(11)22-18(26)19(27)23-21-9-13-6-7-15(14(20)8-13)28-10-16(24)25/h3-9H,10H2,1-2H3,(H,22,26)(H,23,27)(H,24,25)/p-1/b21-9-. The predicted molar refractivity (Wildman–Crippen MR) is 102 cm³/mol. The molecular weight excluding hydrogens is 386 g/mol. The molecule has 28 heavy (non-hydrogen) atoms. The van der Waals surface area contributed by atoms with E-state index >= 15 is 0 Å². The van der Waals surface area contributed by atoms with Gasteiger partial charge in [-0.2, -0.15) is 5.10 Å². The molecule has 0 aliphatic carbocycles. The Balaban J connectivity index is 1.94. The van der Waals surface area contributed by atoms with Crippen molar-refractivity contribution >= 4 is 41.3 Å². The van der Waals surface area contributed by atoms with Crippen LogP contribution < -0.4 is 20.6 Å². The largest absolute Gasteiger partial charge is 0.546 e. The van der Waals surface area contributed by atoms with E-state index in [1.807, 2.05) is 32.0 Å². The van der Waals surface area contributed by atoms with Gasteiger partial charge in [-0.1, -0.05) is 29.8 Å². The van der Waals surface area contributed by atoms with Gasteiger partial charge in [-0.05, 0) is 48.7 Å². The molecule has 0 radical (unpaired) electrons. The van der Waals surface area contributed by atoms with Gasteiger partial charge in [0.2, 0.25) is 0 Å². The van der Waals surface area contributed by atoms with E-state index in [-0.39, 0.29) is 10.8 Å². The van der Waals surface area contributed by atoms with Gasteiger partial charge in [0.05, 0.1) is 17.2 Å². The van der Waals surface area contributed by atoms with Crippen LogP contribution in [0.3, 0.4) is 0 Å². The van der Waals surface area contributed by atoms with Gasteiger partial charge in [0.25, 0.3) is 0 Å². The molecule has 2 rings (SSSR count). The summed E-state index contributed by atoms with van der Waals surface area (Å²) in [6.07, 6.45) is 1.28. The Morgan fingerprint density at radius 3 is 2.43 bits per heavy atom. The third kappa shape index (κ3) is 5.82. The lowest BCUT2D eigenvalue weighted by Crippen LogP contribution is -2.32. The number of carboxylic acids is 1. The van der Waals surface area contributed by atoms with Crippen molar-refractivity contribution in [2.45, 2.75) is 13.8 Å². The molecule has 146 valence electrons. The fourth-order valence-electron chi connectivity index (χ4n) is 2.25. The van der Waals surface area contributed by atoms with Crippen molar-refractivity contribution in [2.75, 3.05) is 11.9 Å². The second-order valence-electron chi connectivity index (χ2n) is 5.77. The number of nitrogens with zero attached hydrogens (tertiary/aromatic N) is 1. The highest BCUT2D eigenvalue weighted by molar-refractivity contribution is 6.39. The van der Waals surface area contributed by atoms with E-state index in [1.54, 1.807) is 6.07 Å². The quantitative estimate of drug-likeness (QED) is 0.427. The second-order valence-corrected chi connectivity index (χ2v) is 6.18. The van der Waals surface area contributed by atoms with Gasteiger partial charge < -0.3 is 20.0 Å². The summed E-state index contributed by atoms with van der Waals surface area (Å²) >= 11 is 5.97. The van der Waals surface area contributed by atoms with E-state index in [2.05, 4.69) is 15.8 Å². The van der Waals surface area contributed by atoms with Crippen LogP contribution >= 0.6 is 11.6 Å². The SMILES string of the molecule is Cc1cccc(C)c1NC(=O)C(=O)N/N=C\c1ccc(OCC(=O)[O-])c(Cl)c1. The lowest BCUT2D eigenvalue weighted by atomic mass is 10.1. The zero-order valence-corrected chi connectivity index (χ0v) is 15.9. The smallest absolute Gasteiger partial charge is 0.329 e. The van der Waals surface area contributed by atoms with Crippen molar-refractivity contribution in [3.8, 4) is 5.75 Å². The van der Waals surface area contributed by atoms with Crippen molar-refractivity contribution in [2.24, 2.45) is 5.10 Å². The van der Waals surface area contributed by atoms with Crippen LogP contribution in [0.5, 0.6) is 5.75 Å². The molecule has 0 saturated carbocycles. The second kappa shape index (κ2) is 9.52. The van der Waals surface area contributed by atoms with Crippen LogP contribution in [0.1, 0.15) is 16.7 Å². The Morgan fingerprint density at radius 1 is 1.14 bits per heavy atom. The van der Waals surface area contributed by atoms with Crippen LogP contribution in [0.15, 0.2) is 41.5 Å². The molecule has 8 nitrogen and oxygen atoms in total. The molecular formula is C19H17ClN3O5-. The number of carbonyl (C=O) groups is 3. The van der Waals surface area contributed by atoms with E-state index in [9.17, 15) is 19.5 Å². The number of carbonyl (C=O) groups excluding carboxylic acids is 3. The maximum atomic E-state index is 12.0. The van der Waals surface area contributed by atoms with Crippen LogP contribution in [-0.2, 0) is 14.4 Å². The molecule has 0 aliphatic rings. The minimum Gasteiger partial charge on any atom is -0.546 e. The van der Waals surface area contributed by atoms with Gasteiger partial charge in [-0.25, -0.2) is 5.43 Å². The zero-order chi connectivity index (χ0) is 20.7. The maximum absolute atomic E-state index is 12.0. The average molecular weight is 403 g/mol. The van der Waals surface area contributed by atoms with Gasteiger partial charge in [0, 0.05) is 5.69 Å². The molecule has 0 aromatic heterocycles. The van der Waals surface area contributed by atoms with Crippen molar-refractivity contribution in [1.82, 2.24) is 5.43 Å². The van der Waals surface area contributed by atoms with E-state index in [0.29, 0.717) is 11.3 Å². The fourth-order valence-corrected chi connectivity index (χ4v) is 2.49. The Bertz CT molecular complexity index is 923. The number of para-hydroxylation sites is 1. The van der Waals surface area contributed by atoms with Gasteiger partial charge in [-0.3, -0.25) is 9.59 Å². The molecule has 0 saturated heterocycles. The molecule has 0 spiro atoms. The molecule has 0 aliphatic heterocycles. The fraction of sp³-hybridized carbons (Fsp3) is 0.158. The normalized spacial score (nSPS) is 10.5. The number of hydrogen-bond donors (Lipinski definition) is 2. The summed E-state index contributed by atoms with van der Waals surface area (Å²) in [5.74, 6) is -2.99. The molecule has 0 fully saturated rings. The summed E-state index contributed by atoms with van der Waals surface area (Å²) in [6.45, 7) is 3.02. The monoisotopic (exact) mass is 402 g/mol. The van der Waals surface area contributed by atoms with E-state index in [1.165, 1.54) is 18.3 Å². The summed E-state index contributed by atoms with van der Waals surface area (Å²) in [4.78, 5) is 34.3. The number of aliphatic carboxylic acids is 1. The summed E-state index contributed by atoms with van der Waals surface area (Å²) in [5, 5.41) is 16.8. The molecule has 2 N–H and O–H groups in total. The third-order valence-corrected chi connectivity index (χ3v) is 3.90. The highest BCUT2D eigenvalue weighted by atomic mass is 35.5. The topological polar surface area (TPSA) is 120 Å². The Morgan fingerprint density at radius 2 is 1.82 bits per heavy atom. The Labute approximate surface area is 166 Å². The first-order valence-corrected chi connectivity index (χ1v) is 8.48. The number of rotatable bonds is 6. The van der Waals surface area contributed by atoms with Crippen molar-refractivity contribution in [3.05, 3.63) is 58.1 Å². The van der Waals surface area contributed by atoms with Crippen LogP contribution in [0, 0.1) is 13.8 Å². The lowest BCUT2D eigenvalue weighted by molar-refractivity contribution is -0.307. The lowest BCUT2D eigenvalue weighted by Gasteiger charge is -2.10. The molecule has 0 heterocycles. The third-order valence-electron chi connectivity index (χ3n) is 3.61. The first-order chi connectivity index (χ1) is 13.3. The summed E-state index contributed by atoms with van der Waals surface area (Å²) in [6, 6.07) is 9.94. The summed E-state index contributed by atoms with van der Waals surface area (Å²) < 4.78 is 4.94. The van der Waals surface area contributed by atoms with Crippen LogP contribution in [0.4, 0.5) is 5.69 Å². The van der Waals surface area contributed by atoms with Crippen LogP contribution in [0.2, 0.25) is 5.02 Å². The minimum absolute atomic E-state index is 0.157. The number of benzene rings is 2. The molecule has 0 unspecified atom stereocenters. The minimum atomic E-state index is -1.37. The Hall–Kier alpha value is -3.39. The van der Waals surface area contributed by atoms with Gasteiger partial charge in [0.15, 0.2) is 0 Å². The highest BCUT2D eigenvalue weighted by Crippen LogP contribution is 2.24. The molecule has 0 bridgehead atoms. The Kier molecular flexibility index (Phi) is 7.11. The number of ether oxygens (including phenoxy) is 1. The maximum Gasteiger partial charge on any atom is 0.329 e. The zero-order valence-electron chi connectivity index (χ0n) is 15.1. The van der Waals surface area contributed by atoms with Crippen molar-refractivity contribution < 1.29 is 24.2 Å². The van der Waals surface area contributed by atoms with Crippen molar-refractivity contribution in [1.29, 1.82) is 0 Å². The average Bonchev–Trinajstić information content (AvgIpc) is 2.63. The van der Waals surface area contributed by atoms with E-state index in [0.717, 1.165) is 11.1 Å². The number of nitrogens with one attached hydrogen (secondary N) is 2. The highest BCUT2D eigenvalue weighted by Gasteiger charge is 2.15. The molecule has 9 heteroatoms. The first-order valence-electron chi connectivity index (χ1n) is 8.10. The number of hydrazone groups is 1. The molecule has 0 atom stereocenters. The van der Waals surface area contributed by atoms with Crippen molar-refractivity contribution in [3.63, 3.8) is 0 Å². The van der Waals surface area contributed by atoms with Crippen LogP contribution in [0.25, 0.3) is 0 Å². The van der Waals surface area contributed by atoms with Gasteiger partial charge in [-0.15, -0.1) is 0 Å². The summed E-state index contributed by atoms with van der Waals surface area (Å²) in [5.41, 5.74) is 4.87. The first kappa shape index (κ1) is 20.9. The number of anilines is 1. The number of aryl methyl sites for hydroxylation is 2. The number of carboxylic acid groups (broad SMARTS) is 1. The van der Waals surface area contributed by atoms with Gasteiger partial charge in [0.1, 0.15) is 12.4 Å². The van der Waals surface area contributed by atoms with Gasteiger partial charge >= 0.3 is 11.8 Å². The number of amides is 2. The number of hydrogen-bond acceptors (Lipinski definition) is 6. The molecule has 2 aromatic rings. The predicted octanol–water partition coefficient (Wildman–Crippen LogP) is 1.17. The molecule has 2 aromatic carbocycles. The van der Waals surface area contributed by atoms with E-state index in [4.69, 9.17) is 16.3 Å². The van der Waals surface area contributed by atoms with E-state index < -0.39 is 24.4 Å². The molecule has 2 amide bonds.